The van der Waals surface area contributed by atoms with Crippen LogP contribution in [-0.4, -0.2) is 30.0 Å². The van der Waals surface area contributed by atoms with E-state index >= 15 is 0 Å². The highest BCUT2D eigenvalue weighted by Gasteiger charge is 2.39. The highest BCUT2D eigenvalue weighted by atomic mass is 79.9. The van der Waals surface area contributed by atoms with E-state index in [4.69, 9.17) is 4.74 Å². The Bertz CT molecular complexity index is 559. The first kappa shape index (κ1) is 16.1. The fourth-order valence-corrected chi connectivity index (χ4v) is 2.48. The van der Waals surface area contributed by atoms with Gasteiger partial charge in [0.1, 0.15) is 11.6 Å². The third-order valence-corrected chi connectivity index (χ3v) is 4.28. The number of likely N-dealkylation sites (N-methyl/N-ethyl adjacent to an activating group) is 1. The number of benzene rings is 1. The minimum atomic E-state index is -1.10. The molecule has 1 aromatic rings. The number of nitrogens with zero attached hydrogens (tertiary/aromatic N) is 2. The summed E-state index contributed by atoms with van der Waals surface area (Å²) < 4.78 is 31.9. The molecule has 0 aromatic heterocycles. The van der Waals surface area contributed by atoms with E-state index in [1.807, 2.05) is 0 Å². The summed E-state index contributed by atoms with van der Waals surface area (Å²) in [5.41, 5.74) is 0.653. The summed E-state index contributed by atoms with van der Waals surface area (Å²) in [6.07, 6.45) is 3.28. The number of methoxy groups -OCH3 is 1. The molecule has 4 nitrogen and oxygen atoms in total. The maximum Gasteiger partial charge on any atom is 0.237 e. The van der Waals surface area contributed by atoms with Gasteiger partial charge in [0.05, 0.1) is 13.1 Å². The first-order valence-electron chi connectivity index (χ1n) is 6.22. The molecule has 0 spiro atoms. The number of hydrazone groups is 1. The van der Waals surface area contributed by atoms with Crippen molar-refractivity contribution in [2.75, 3.05) is 14.2 Å². The summed E-state index contributed by atoms with van der Waals surface area (Å²) in [5.74, 6) is -1.24. The topological polar surface area (TPSA) is 36.9 Å². The van der Waals surface area contributed by atoms with Gasteiger partial charge in [-0.2, -0.15) is 5.10 Å². The lowest BCUT2D eigenvalue weighted by Crippen LogP contribution is -2.46. The van der Waals surface area contributed by atoms with Gasteiger partial charge in [-0.05, 0) is 41.2 Å². The van der Waals surface area contributed by atoms with Gasteiger partial charge in [0.25, 0.3) is 0 Å². The van der Waals surface area contributed by atoms with E-state index < -0.39 is 16.3 Å². The van der Waals surface area contributed by atoms with E-state index in [1.165, 1.54) is 30.3 Å². The highest BCUT2D eigenvalue weighted by Crippen LogP contribution is 2.37. The molecule has 1 heterocycles. The van der Waals surface area contributed by atoms with E-state index in [1.54, 1.807) is 25.9 Å². The van der Waals surface area contributed by atoms with Gasteiger partial charge in [-0.25, -0.2) is 13.8 Å². The number of rotatable bonds is 5. The van der Waals surface area contributed by atoms with Gasteiger partial charge in [0, 0.05) is 24.5 Å². The molecule has 1 aliphatic rings. The highest BCUT2D eigenvalue weighted by molar-refractivity contribution is 9.10. The number of alkyl halides is 1. The average Bonchev–Trinajstić information content (AvgIpc) is 2.47. The van der Waals surface area contributed by atoms with Crippen molar-refractivity contribution >= 4 is 22.1 Å². The Morgan fingerprint density at radius 2 is 2.10 bits per heavy atom. The molecule has 0 amide bonds. The van der Waals surface area contributed by atoms with Crippen LogP contribution in [0.4, 0.5) is 8.78 Å². The number of halogens is 3. The van der Waals surface area contributed by atoms with E-state index in [9.17, 15) is 8.78 Å². The molecular formula is C14H15BrF2N3O. The molecule has 0 aliphatic carbocycles. The molecule has 7 heteroatoms. The molecule has 1 N–H and O–H groups in total. The SMILES string of the molecule is CN[CH]C1=CC=NN(Cc2c(F)cccc2F)C1(Br)OC. The zero-order chi connectivity index (χ0) is 15.5. The van der Waals surface area contributed by atoms with Gasteiger partial charge in [-0.3, -0.25) is 0 Å². The van der Waals surface area contributed by atoms with Gasteiger partial charge >= 0.3 is 0 Å². The monoisotopic (exact) mass is 358 g/mol. The molecule has 1 unspecified atom stereocenters. The normalized spacial score (nSPS) is 21.6. The Kier molecular flexibility index (Phi) is 5.08. The predicted molar refractivity (Wildman–Crippen MR) is 80.5 cm³/mol. The fourth-order valence-electron chi connectivity index (χ4n) is 2.01. The van der Waals surface area contributed by atoms with Crippen molar-refractivity contribution in [1.29, 1.82) is 0 Å². The molecule has 21 heavy (non-hydrogen) atoms. The maximum atomic E-state index is 13.8. The predicted octanol–water partition coefficient (Wildman–Crippen LogP) is 2.77. The number of hydrogen-bond donors (Lipinski definition) is 1. The van der Waals surface area contributed by atoms with Crippen LogP contribution in [0.25, 0.3) is 0 Å². The fraction of sp³-hybridized carbons (Fsp3) is 0.286. The van der Waals surface area contributed by atoms with Crippen LogP contribution in [0.5, 0.6) is 0 Å². The molecular weight excluding hydrogens is 344 g/mol. The first-order chi connectivity index (χ1) is 10.0. The zero-order valence-corrected chi connectivity index (χ0v) is 13.2. The molecule has 113 valence electrons. The van der Waals surface area contributed by atoms with Crippen molar-refractivity contribution in [3.8, 4) is 0 Å². The van der Waals surface area contributed by atoms with Gasteiger partial charge in [-0.15, -0.1) is 0 Å². The van der Waals surface area contributed by atoms with Crippen molar-refractivity contribution in [3.05, 3.63) is 53.6 Å². The van der Waals surface area contributed by atoms with Crippen molar-refractivity contribution in [3.63, 3.8) is 0 Å². The van der Waals surface area contributed by atoms with Crippen LogP contribution in [0.2, 0.25) is 0 Å². The largest absolute Gasteiger partial charge is 0.345 e. The summed E-state index contributed by atoms with van der Waals surface area (Å²) in [6.45, 7) is 1.64. The summed E-state index contributed by atoms with van der Waals surface area (Å²) in [5, 5.41) is 8.46. The maximum absolute atomic E-state index is 13.8. The second-order valence-corrected chi connectivity index (χ2v) is 5.42. The standard InChI is InChI=1S/C14H15BrF2N3O/c1-18-8-10-6-7-19-20(14(10,15)21-2)9-11-12(16)4-3-5-13(11)17/h3-8,18H,9H2,1-2H3. The lowest BCUT2D eigenvalue weighted by molar-refractivity contribution is -0.0352. The van der Waals surface area contributed by atoms with Crippen LogP contribution in [0.1, 0.15) is 5.56 Å². The Morgan fingerprint density at radius 3 is 2.67 bits per heavy atom. The summed E-state index contributed by atoms with van der Waals surface area (Å²) in [7, 11) is 3.23. The number of allylic oxidation sites excluding steroid dienone is 1. The zero-order valence-electron chi connectivity index (χ0n) is 11.6. The summed E-state index contributed by atoms with van der Waals surface area (Å²) >= 11 is 3.44. The lowest BCUT2D eigenvalue weighted by Gasteiger charge is -2.39. The lowest BCUT2D eigenvalue weighted by atomic mass is 10.1. The Morgan fingerprint density at radius 1 is 1.43 bits per heavy atom. The molecule has 2 rings (SSSR count). The van der Waals surface area contributed by atoms with E-state index in [0.717, 1.165) is 5.57 Å². The van der Waals surface area contributed by atoms with Crippen molar-refractivity contribution in [2.24, 2.45) is 5.10 Å². The Labute approximate surface area is 130 Å². The smallest absolute Gasteiger partial charge is 0.237 e. The van der Waals surface area contributed by atoms with Crippen LogP contribution in [0.15, 0.2) is 34.9 Å². The third kappa shape index (κ3) is 3.14. The quantitative estimate of drug-likeness (QED) is 0.649. The van der Waals surface area contributed by atoms with Gasteiger partial charge in [-0.1, -0.05) is 6.07 Å². The van der Waals surface area contributed by atoms with Crippen molar-refractivity contribution in [2.45, 2.75) is 11.2 Å². The minimum Gasteiger partial charge on any atom is -0.345 e. The minimum absolute atomic E-state index is 0.0683. The summed E-state index contributed by atoms with van der Waals surface area (Å²) in [6, 6.07) is 3.75. The van der Waals surface area contributed by atoms with Crippen LogP contribution in [0, 0.1) is 18.2 Å². The second-order valence-electron chi connectivity index (χ2n) is 4.34. The Balaban J connectivity index is 2.31. The van der Waals surface area contributed by atoms with E-state index in [-0.39, 0.29) is 12.1 Å². The van der Waals surface area contributed by atoms with Crippen LogP contribution in [-0.2, 0) is 11.3 Å². The van der Waals surface area contributed by atoms with Gasteiger partial charge < -0.3 is 10.1 Å². The molecule has 1 radical (unpaired) electrons. The van der Waals surface area contributed by atoms with Gasteiger partial charge in [0.2, 0.25) is 4.63 Å². The molecule has 0 saturated carbocycles. The summed E-state index contributed by atoms with van der Waals surface area (Å²) in [4.78, 5) is 0. The van der Waals surface area contributed by atoms with Crippen molar-refractivity contribution in [1.82, 2.24) is 10.3 Å². The molecule has 0 bridgehead atoms. The molecule has 0 saturated heterocycles. The van der Waals surface area contributed by atoms with Crippen LogP contribution < -0.4 is 5.32 Å². The molecule has 1 aliphatic heterocycles. The third-order valence-electron chi connectivity index (χ3n) is 3.09. The van der Waals surface area contributed by atoms with Crippen LogP contribution >= 0.6 is 15.9 Å². The number of ether oxygens (including phenoxy) is 1. The second kappa shape index (κ2) is 6.64. The molecule has 0 fully saturated rings. The number of hydrogen-bond acceptors (Lipinski definition) is 4. The van der Waals surface area contributed by atoms with Crippen LogP contribution in [0.3, 0.4) is 0 Å². The average molecular weight is 359 g/mol. The Hall–Kier alpha value is -1.31. The van der Waals surface area contributed by atoms with E-state index in [0.29, 0.717) is 0 Å². The number of nitrogens with one attached hydrogen (secondary N) is 1. The first-order valence-corrected chi connectivity index (χ1v) is 7.02. The van der Waals surface area contributed by atoms with E-state index in [2.05, 4.69) is 26.3 Å². The molecule has 1 aromatic carbocycles. The van der Waals surface area contributed by atoms with Crippen molar-refractivity contribution < 1.29 is 13.5 Å². The van der Waals surface area contributed by atoms with Gasteiger partial charge in [0.15, 0.2) is 0 Å². The molecule has 1 atom stereocenters.